The Morgan fingerprint density at radius 2 is 1.78 bits per heavy atom. The molecule has 0 saturated heterocycles. The van der Waals surface area contributed by atoms with Crippen LogP contribution in [0.15, 0.2) is 53.0 Å². The largest absolute Gasteiger partial charge is 0.494 e. The highest BCUT2D eigenvalue weighted by atomic mass is 79.9. The highest BCUT2D eigenvalue weighted by molar-refractivity contribution is 9.10. The van der Waals surface area contributed by atoms with Gasteiger partial charge in [-0.15, -0.1) is 0 Å². The van der Waals surface area contributed by atoms with Crippen LogP contribution in [0.3, 0.4) is 0 Å². The summed E-state index contributed by atoms with van der Waals surface area (Å²) in [6.45, 7) is 2.59. The zero-order chi connectivity index (χ0) is 13.0. The predicted molar refractivity (Wildman–Crippen MR) is 75.8 cm³/mol. The van der Waals surface area contributed by atoms with Crippen molar-refractivity contribution in [1.29, 1.82) is 0 Å². The van der Waals surface area contributed by atoms with E-state index in [1.165, 1.54) is 0 Å². The van der Waals surface area contributed by atoms with E-state index in [1.54, 1.807) is 0 Å². The molecule has 0 fully saturated rings. The third-order valence-electron chi connectivity index (χ3n) is 2.71. The summed E-state index contributed by atoms with van der Waals surface area (Å²) < 4.78 is 6.29. The minimum Gasteiger partial charge on any atom is -0.494 e. The van der Waals surface area contributed by atoms with E-state index < -0.39 is 6.10 Å². The van der Waals surface area contributed by atoms with Crippen LogP contribution >= 0.6 is 15.9 Å². The van der Waals surface area contributed by atoms with Gasteiger partial charge in [-0.25, -0.2) is 0 Å². The molecule has 0 aromatic heterocycles. The Kier molecular flexibility index (Phi) is 4.39. The third-order valence-corrected chi connectivity index (χ3v) is 3.43. The van der Waals surface area contributed by atoms with Crippen LogP contribution < -0.4 is 4.74 Å². The molecule has 1 N–H and O–H groups in total. The van der Waals surface area contributed by atoms with Gasteiger partial charge in [-0.1, -0.05) is 46.3 Å². The molecule has 94 valence electrons. The quantitative estimate of drug-likeness (QED) is 0.927. The van der Waals surface area contributed by atoms with Crippen LogP contribution in [0.4, 0.5) is 0 Å². The molecule has 0 saturated carbocycles. The number of ether oxygens (including phenoxy) is 1. The SMILES string of the molecule is CCOc1ccc([C@@H](O)c2ccccc2Br)cc1. The van der Waals surface area contributed by atoms with E-state index in [1.807, 2.05) is 55.5 Å². The average molecular weight is 307 g/mol. The second kappa shape index (κ2) is 6.03. The predicted octanol–water partition coefficient (Wildman–Crippen LogP) is 3.93. The summed E-state index contributed by atoms with van der Waals surface area (Å²) in [5.41, 5.74) is 1.71. The van der Waals surface area contributed by atoms with Crippen LogP contribution in [0.25, 0.3) is 0 Å². The van der Waals surface area contributed by atoms with Gasteiger partial charge in [-0.2, -0.15) is 0 Å². The number of benzene rings is 2. The van der Waals surface area contributed by atoms with Gasteiger partial charge in [0.25, 0.3) is 0 Å². The summed E-state index contributed by atoms with van der Waals surface area (Å²) in [5.74, 6) is 0.820. The van der Waals surface area contributed by atoms with Crippen molar-refractivity contribution in [2.75, 3.05) is 6.61 Å². The molecule has 2 rings (SSSR count). The van der Waals surface area contributed by atoms with Crippen molar-refractivity contribution in [3.63, 3.8) is 0 Å². The lowest BCUT2D eigenvalue weighted by Crippen LogP contribution is -2.00. The van der Waals surface area contributed by atoms with Crippen LogP contribution in [0, 0.1) is 0 Å². The summed E-state index contributed by atoms with van der Waals surface area (Å²) in [6.07, 6.45) is -0.628. The van der Waals surface area contributed by atoms with Crippen LogP contribution in [-0.2, 0) is 0 Å². The molecule has 0 aliphatic rings. The van der Waals surface area contributed by atoms with Crippen molar-refractivity contribution in [3.8, 4) is 5.75 Å². The summed E-state index contributed by atoms with van der Waals surface area (Å²) in [5, 5.41) is 10.3. The fourth-order valence-electron chi connectivity index (χ4n) is 1.79. The Balaban J connectivity index is 2.23. The second-order valence-corrected chi connectivity index (χ2v) is 4.78. The molecule has 0 aliphatic carbocycles. The molecule has 2 aromatic carbocycles. The molecule has 18 heavy (non-hydrogen) atoms. The molecule has 0 heterocycles. The van der Waals surface area contributed by atoms with Gasteiger partial charge >= 0.3 is 0 Å². The Morgan fingerprint density at radius 3 is 2.39 bits per heavy atom. The Morgan fingerprint density at radius 1 is 1.11 bits per heavy atom. The first kappa shape index (κ1) is 13.1. The van der Waals surface area contributed by atoms with E-state index in [-0.39, 0.29) is 0 Å². The monoisotopic (exact) mass is 306 g/mol. The maximum absolute atomic E-state index is 10.3. The van der Waals surface area contributed by atoms with Gasteiger partial charge < -0.3 is 9.84 Å². The first-order valence-electron chi connectivity index (χ1n) is 5.87. The van der Waals surface area contributed by atoms with Crippen molar-refractivity contribution in [2.45, 2.75) is 13.0 Å². The van der Waals surface area contributed by atoms with Crippen molar-refractivity contribution in [3.05, 3.63) is 64.1 Å². The fraction of sp³-hybridized carbons (Fsp3) is 0.200. The summed E-state index contributed by atoms with van der Waals surface area (Å²) in [7, 11) is 0. The summed E-state index contributed by atoms with van der Waals surface area (Å²) >= 11 is 3.45. The highest BCUT2D eigenvalue weighted by Gasteiger charge is 2.12. The van der Waals surface area contributed by atoms with Gasteiger partial charge in [-0.05, 0) is 36.2 Å². The van der Waals surface area contributed by atoms with Crippen molar-refractivity contribution in [1.82, 2.24) is 0 Å². The molecule has 2 aromatic rings. The molecular formula is C15H15BrO2. The standard InChI is InChI=1S/C15H15BrO2/c1-2-18-12-9-7-11(8-10-12)15(17)13-5-3-4-6-14(13)16/h3-10,15,17H,2H2,1H3/t15-/m1/s1. The lowest BCUT2D eigenvalue weighted by Gasteiger charge is -2.13. The van der Waals surface area contributed by atoms with E-state index in [4.69, 9.17) is 4.74 Å². The number of hydrogen-bond acceptors (Lipinski definition) is 2. The first-order chi connectivity index (χ1) is 8.72. The van der Waals surface area contributed by atoms with Crippen LogP contribution in [0.5, 0.6) is 5.75 Å². The number of aliphatic hydroxyl groups is 1. The molecule has 0 unspecified atom stereocenters. The first-order valence-corrected chi connectivity index (χ1v) is 6.67. The molecule has 3 heteroatoms. The van der Waals surface area contributed by atoms with E-state index in [2.05, 4.69) is 15.9 Å². The van der Waals surface area contributed by atoms with E-state index in [0.717, 1.165) is 21.3 Å². The lowest BCUT2D eigenvalue weighted by atomic mass is 10.0. The normalized spacial score (nSPS) is 12.2. The van der Waals surface area contributed by atoms with E-state index in [9.17, 15) is 5.11 Å². The minimum atomic E-state index is -0.628. The van der Waals surface area contributed by atoms with Crippen molar-refractivity contribution >= 4 is 15.9 Å². The maximum Gasteiger partial charge on any atom is 0.119 e. The Hall–Kier alpha value is -1.32. The van der Waals surface area contributed by atoms with Crippen molar-refractivity contribution < 1.29 is 9.84 Å². The second-order valence-electron chi connectivity index (χ2n) is 3.93. The number of aliphatic hydroxyl groups excluding tert-OH is 1. The van der Waals surface area contributed by atoms with Gasteiger partial charge in [0.05, 0.1) is 6.61 Å². The smallest absolute Gasteiger partial charge is 0.119 e. The summed E-state index contributed by atoms with van der Waals surface area (Å²) in [6, 6.07) is 15.2. The zero-order valence-corrected chi connectivity index (χ0v) is 11.7. The number of hydrogen-bond donors (Lipinski definition) is 1. The number of halogens is 1. The maximum atomic E-state index is 10.3. The third kappa shape index (κ3) is 2.92. The summed E-state index contributed by atoms with van der Waals surface area (Å²) in [4.78, 5) is 0. The lowest BCUT2D eigenvalue weighted by molar-refractivity contribution is 0.219. The molecule has 0 aliphatic heterocycles. The molecule has 1 atom stereocenters. The van der Waals surface area contributed by atoms with Gasteiger partial charge in [0.15, 0.2) is 0 Å². The molecule has 0 radical (unpaired) electrons. The Labute approximate surface area is 115 Å². The van der Waals surface area contributed by atoms with Gasteiger partial charge in [0.2, 0.25) is 0 Å². The van der Waals surface area contributed by atoms with Crippen LogP contribution in [0.1, 0.15) is 24.2 Å². The fourth-order valence-corrected chi connectivity index (χ4v) is 2.29. The van der Waals surface area contributed by atoms with Gasteiger partial charge in [0.1, 0.15) is 11.9 Å². The van der Waals surface area contributed by atoms with Crippen LogP contribution in [-0.4, -0.2) is 11.7 Å². The van der Waals surface area contributed by atoms with E-state index in [0.29, 0.717) is 6.61 Å². The molecule has 2 nitrogen and oxygen atoms in total. The molecule has 0 bridgehead atoms. The average Bonchev–Trinajstić information content (AvgIpc) is 2.40. The molecule has 0 amide bonds. The van der Waals surface area contributed by atoms with Crippen molar-refractivity contribution in [2.24, 2.45) is 0 Å². The molecule has 0 spiro atoms. The topological polar surface area (TPSA) is 29.5 Å². The highest BCUT2D eigenvalue weighted by Crippen LogP contribution is 2.29. The number of rotatable bonds is 4. The Bertz CT molecular complexity index is 508. The minimum absolute atomic E-state index is 0.628. The molecular weight excluding hydrogens is 292 g/mol. The van der Waals surface area contributed by atoms with E-state index >= 15 is 0 Å². The van der Waals surface area contributed by atoms with Gasteiger partial charge in [-0.3, -0.25) is 0 Å². The van der Waals surface area contributed by atoms with Crippen LogP contribution in [0.2, 0.25) is 0 Å². The van der Waals surface area contributed by atoms with Gasteiger partial charge in [0, 0.05) is 4.47 Å². The zero-order valence-electron chi connectivity index (χ0n) is 10.1.